The van der Waals surface area contributed by atoms with Crippen LogP contribution in [0.25, 0.3) is 0 Å². The van der Waals surface area contributed by atoms with Crippen LogP contribution in [0, 0.1) is 20.2 Å². The van der Waals surface area contributed by atoms with Gasteiger partial charge in [-0.15, -0.1) is 23.2 Å². The van der Waals surface area contributed by atoms with Crippen molar-refractivity contribution in [1.29, 1.82) is 0 Å². The molecule has 2 rings (SSSR count). The van der Waals surface area contributed by atoms with Gasteiger partial charge >= 0.3 is 0 Å². The van der Waals surface area contributed by atoms with E-state index in [0.29, 0.717) is 5.56 Å². The molecule has 2 atom stereocenters. The number of benzene rings is 2. The lowest BCUT2D eigenvalue weighted by atomic mass is 10.0. The molecular formula is C15H10Cl2N2O5. The Morgan fingerprint density at radius 3 is 2.04 bits per heavy atom. The van der Waals surface area contributed by atoms with Crippen LogP contribution < -0.4 is 0 Å². The summed E-state index contributed by atoms with van der Waals surface area (Å²) in [5.74, 6) is -0.571. The molecule has 24 heavy (non-hydrogen) atoms. The van der Waals surface area contributed by atoms with Crippen LogP contribution in [0.4, 0.5) is 11.4 Å². The van der Waals surface area contributed by atoms with Crippen LogP contribution in [0.15, 0.2) is 48.5 Å². The molecule has 0 heterocycles. The fourth-order valence-electron chi connectivity index (χ4n) is 2.01. The highest BCUT2D eigenvalue weighted by Gasteiger charge is 2.28. The Hall–Kier alpha value is -2.51. The number of nitrogens with zero attached hydrogens (tertiary/aromatic N) is 2. The van der Waals surface area contributed by atoms with E-state index in [1.807, 2.05) is 0 Å². The molecule has 0 bridgehead atoms. The smallest absolute Gasteiger partial charge is 0.270 e. The van der Waals surface area contributed by atoms with Crippen LogP contribution in [-0.4, -0.2) is 21.0 Å². The minimum Gasteiger partial charge on any atom is -0.292 e. The SMILES string of the molecule is O=C(c1cccc([N+](=O)[O-])c1)[C@H](Cl)[C@H](Cl)c1ccc([N+](=O)[O-])cc1. The van der Waals surface area contributed by atoms with E-state index in [9.17, 15) is 25.0 Å². The topological polar surface area (TPSA) is 103 Å². The Balaban J connectivity index is 2.21. The summed E-state index contributed by atoms with van der Waals surface area (Å²) in [5, 5.41) is 19.3. The van der Waals surface area contributed by atoms with Gasteiger partial charge in [0, 0.05) is 29.8 Å². The van der Waals surface area contributed by atoms with Crippen molar-refractivity contribution in [1.82, 2.24) is 0 Å². The zero-order valence-electron chi connectivity index (χ0n) is 12.0. The molecule has 0 saturated heterocycles. The summed E-state index contributed by atoms with van der Waals surface area (Å²) in [6.45, 7) is 0. The van der Waals surface area contributed by atoms with Crippen LogP contribution in [0.5, 0.6) is 0 Å². The molecule has 0 aliphatic carbocycles. The normalized spacial score (nSPS) is 13.1. The van der Waals surface area contributed by atoms with Crippen LogP contribution >= 0.6 is 23.2 Å². The molecule has 0 radical (unpaired) electrons. The monoisotopic (exact) mass is 368 g/mol. The number of nitro groups is 2. The van der Waals surface area contributed by atoms with Crippen molar-refractivity contribution in [3.8, 4) is 0 Å². The number of non-ortho nitro benzene ring substituents is 2. The van der Waals surface area contributed by atoms with E-state index in [0.717, 1.165) is 6.07 Å². The fraction of sp³-hybridized carbons (Fsp3) is 0.133. The molecule has 0 aliphatic heterocycles. The minimum atomic E-state index is -1.19. The molecule has 124 valence electrons. The van der Waals surface area contributed by atoms with E-state index in [-0.39, 0.29) is 16.9 Å². The summed E-state index contributed by atoms with van der Waals surface area (Å²) in [7, 11) is 0. The molecule has 0 unspecified atom stereocenters. The lowest BCUT2D eigenvalue weighted by Crippen LogP contribution is -2.20. The van der Waals surface area contributed by atoms with Gasteiger partial charge in [-0.2, -0.15) is 0 Å². The van der Waals surface area contributed by atoms with Crippen molar-refractivity contribution in [2.75, 3.05) is 0 Å². The number of hydrogen-bond donors (Lipinski definition) is 0. The maximum absolute atomic E-state index is 12.4. The average Bonchev–Trinajstić information content (AvgIpc) is 2.60. The molecule has 2 aromatic rings. The Morgan fingerprint density at radius 1 is 0.917 bits per heavy atom. The second-order valence-corrected chi connectivity index (χ2v) is 5.76. The Labute approximate surface area is 146 Å². The Morgan fingerprint density at radius 2 is 1.50 bits per heavy atom. The fourth-order valence-corrected chi connectivity index (χ4v) is 2.55. The molecule has 9 heteroatoms. The highest BCUT2D eigenvalue weighted by atomic mass is 35.5. The standard InChI is InChI=1S/C15H10Cl2N2O5/c16-13(9-4-6-11(7-5-9)18(21)22)14(17)15(20)10-2-1-3-12(8-10)19(23)24/h1-8,13-14H/t13-,14-/m1/s1. The third kappa shape index (κ3) is 3.87. The summed E-state index contributed by atoms with van der Waals surface area (Å²) in [4.78, 5) is 32.6. The lowest BCUT2D eigenvalue weighted by Gasteiger charge is -2.15. The van der Waals surface area contributed by atoms with Crippen LogP contribution in [0.2, 0.25) is 0 Å². The third-order valence-corrected chi connectivity index (χ3v) is 4.35. The first-order valence-electron chi connectivity index (χ1n) is 6.62. The third-order valence-electron chi connectivity index (χ3n) is 3.27. The van der Waals surface area contributed by atoms with E-state index < -0.39 is 26.4 Å². The van der Waals surface area contributed by atoms with Gasteiger partial charge in [0.05, 0.1) is 15.2 Å². The predicted molar refractivity (Wildman–Crippen MR) is 88.8 cm³/mol. The van der Waals surface area contributed by atoms with Gasteiger partial charge in [-0.05, 0) is 5.56 Å². The van der Waals surface area contributed by atoms with Gasteiger partial charge in [0.2, 0.25) is 0 Å². The first-order valence-corrected chi connectivity index (χ1v) is 7.49. The van der Waals surface area contributed by atoms with Crippen molar-refractivity contribution in [3.63, 3.8) is 0 Å². The summed E-state index contributed by atoms with van der Waals surface area (Å²) in [6, 6.07) is 10.5. The van der Waals surface area contributed by atoms with E-state index in [1.54, 1.807) is 0 Å². The highest BCUT2D eigenvalue weighted by molar-refractivity contribution is 6.39. The molecule has 0 fully saturated rings. The van der Waals surface area contributed by atoms with E-state index in [4.69, 9.17) is 23.2 Å². The van der Waals surface area contributed by atoms with Gasteiger partial charge in [-0.25, -0.2) is 0 Å². The molecule has 7 nitrogen and oxygen atoms in total. The van der Waals surface area contributed by atoms with Crippen molar-refractivity contribution in [3.05, 3.63) is 79.9 Å². The number of alkyl halides is 2. The van der Waals surface area contributed by atoms with Gasteiger partial charge in [-0.1, -0.05) is 24.3 Å². The van der Waals surface area contributed by atoms with Gasteiger partial charge in [0.1, 0.15) is 5.38 Å². The minimum absolute atomic E-state index is 0.0664. The quantitative estimate of drug-likeness (QED) is 0.327. The molecule has 0 N–H and O–H groups in total. The van der Waals surface area contributed by atoms with E-state index in [2.05, 4.69) is 0 Å². The molecular weight excluding hydrogens is 359 g/mol. The number of ketones is 1. The molecule has 0 saturated carbocycles. The van der Waals surface area contributed by atoms with Crippen molar-refractivity contribution in [2.24, 2.45) is 0 Å². The van der Waals surface area contributed by atoms with Crippen molar-refractivity contribution >= 4 is 40.4 Å². The van der Waals surface area contributed by atoms with E-state index >= 15 is 0 Å². The number of rotatable bonds is 6. The number of carbonyl (C=O) groups is 1. The maximum Gasteiger partial charge on any atom is 0.270 e. The largest absolute Gasteiger partial charge is 0.292 e. The van der Waals surface area contributed by atoms with Crippen LogP contribution in [-0.2, 0) is 0 Å². The molecule has 0 amide bonds. The van der Waals surface area contributed by atoms with Gasteiger partial charge in [-0.3, -0.25) is 25.0 Å². The number of carbonyl (C=O) groups excluding carboxylic acids is 1. The average molecular weight is 369 g/mol. The second kappa shape index (κ2) is 7.37. The summed E-state index contributed by atoms with van der Waals surface area (Å²) in [5.41, 5.74) is 0.155. The molecule has 2 aromatic carbocycles. The van der Waals surface area contributed by atoms with Crippen LogP contribution in [0.3, 0.4) is 0 Å². The first-order chi connectivity index (χ1) is 11.3. The Bertz CT molecular complexity index is 795. The first kappa shape index (κ1) is 17.8. The van der Waals surface area contributed by atoms with Crippen molar-refractivity contribution in [2.45, 2.75) is 10.8 Å². The summed E-state index contributed by atoms with van der Waals surface area (Å²) >= 11 is 12.3. The van der Waals surface area contributed by atoms with Gasteiger partial charge in [0.25, 0.3) is 11.4 Å². The zero-order chi connectivity index (χ0) is 17.9. The summed E-state index contributed by atoms with van der Waals surface area (Å²) in [6.07, 6.45) is 0. The molecule has 0 spiro atoms. The highest BCUT2D eigenvalue weighted by Crippen LogP contribution is 2.31. The van der Waals surface area contributed by atoms with Crippen molar-refractivity contribution < 1.29 is 14.6 Å². The lowest BCUT2D eigenvalue weighted by molar-refractivity contribution is -0.385. The maximum atomic E-state index is 12.4. The molecule has 0 aliphatic rings. The predicted octanol–water partition coefficient (Wildman–Crippen LogP) is 4.27. The zero-order valence-corrected chi connectivity index (χ0v) is 13.5. The number of hydrogen-bond acceptors (Lipinski definition) is 5. The van der Waals surface area contributed by atoms with Crippen LogP contribution in [0.1, 0.15) is 21.3 Å². The Kier molecular flexibility index (Phi) is 5.48. The summed E-state index contributed by atoms with van der Waals surface area (Å²) < 4.78 is 0. The number of Topliss-reactive ketones (excluding diaryl/α,β-unsaturated/α-hetero) is 1. The van der Waals surface area contributed by atoms with Gasteiger partial charge < -0.3 is 0 Å². The van der Waals surface area contributed by atoms with Gasteiger partial charge in [0.15, 0.2) is 5.78 Å². The molecule has 0 aromatic heterocycles. The van der Waals surface area contributed by atoms with E-state index in [1.165, 1.54) is 42.5 Å². The number of nitro benzene ring substituents is 2. The number of halogens is 2. The second-order valence-electron chi connectivity index (χ2n) is 4.82.